The Balaban J connectivity index is 2.51. The lowest BCUT2D eigenvalue weighted by Crippen LogP contribution is -2.17. The summed E-state index contributed by atoms with van der Waals surface area (Å²) < 4.78 is 5.46. The topological polar surface area (TPSA) is 55.4 Å². The smallest absolute Gasteiger partial charge is 0.315 e. The summed E-state index contributed by atoms with van der Waals surface area (Å²) in [5.41, 5.74) is 0.671. The molecular weight excluding hydrogens is 309 g/mol. The summed E-state index contributed by atoms with van der Waals surface area (Å²) in [5, 5.41) is 2.59. The van der Waals surface area contributed by atoms with E-state index in [1.54, 1.807) is 12.1 Å². The number of esters is 1. The summed E-state index contributed by atoms with van der Waals surface area (Å²) in [6.07, 6.45) is -0.261. The second-order valence-electron chi connectivity index (χ2n) is 2.81. The molecule has 0 saturated carbocycles. The first kappa shape index (κ1) is 12.0. The lowest BCUT2D eigenvalue weighted by molar-refractivity contribution is -0.142. The minimum Gasteiger partial charge on any atom is -0.469 e. The van der Waals surface area contributed by atoms with Crippen molar-refractivity contribution in [3.05, 3.63) is 27.8 Å². The van der Waals surface area contributed by atoms with E-state index in [9.17, 15) is 9.59 Å². The number of nitrogens with one attached hydrogen (secondary N) is 1. The molecule has 0 spiro atoms. The lowest BCUT2D eigenvalue weighted by atomic mass is 10.3. The van der Waals surface area contributed by atoms with Crippen molar-refractivity contribution in [1.29, 1.82) is 0 Å². The highest BCUT2D eigenvalue weighted by molar-refractivity contribution is 14.1. The molecule has 1 aromatic carbocycles. The van der Waals surface area contributed by atoms with Crippen LogP contribution in [0, 0.1) is 3.57 Å². The molecule has 0 radical (unpaired) electrons. The quantitative estimate of drug-likeness (QED) is 0.525. The van der Waals surface area contributed by atoms with Gasteiger partial charge in [-0.15, -0.1) is 0 Å². The van der Waals surface area contributed by atoms with E-state index in [1.807, 2.05) is 12.1 Å². The third-order valence-electron chi connectivity index (χ3n) is 1.66. The fourth-order valence-electron chi connectivity index (χ4n) is 0.942. The van der Waals surface area contributed by atoms with Crippen molar-refractivity contribution in [3.8, 4) is 0 Å². The van der Waals surface area contributed by atoms with Gasteiger partial charge in [0, 0.05) is 9.26 Å². The number of hydrogen-bond donors (Lipinski definition) is 1. The largest absolute Gasteiger partial charge is 0.469 e. The number of rotatable bonds is 3. The Bertz CT molecular complexity index is 361. The normalized spacial score (nSPS) is 9.47. The number of anilines is 1. The molecule has 0 atom stereocenters. The summed E-state index contributed by atoms with van der Waals surface area (Å²) in [7, 11) is 1.25. The Morgan fingerprint density at radius 1 is 1.33 bits per heavy atom. The van der Waals surface area contributed by atoms with Crippen molar-refractivity contribution < 1.29 is 14.3 Å². The van der Waals surface area contributed by atoms with Crippen LogP contribution >= 0.6 is 22.6 Å². The molecule has 0 aliphatic heterocycles. The highest BCUT2D eigenvalue weighted by Crippen LogP contribution is 2.11. The Labute approximate surface area is 101 Å². The Hall–Kier alpha value is -1.11. The standard InChI is InChI=1S/C10H10INO3/c1-15-10(14)6-9(13)12-8-4-2-7(11)3-5-8/h2-5H,6H2,1H3,(H,12,13). The summed E-state index contributed by atoms with van der Waals surface area (Å²) in [4.78, 5) is 22.0. The Morgan fingerprint density at radius 2 is 1.93 bits per heavy atom. The molecule has 1 aromatic rings. The highest BCUT2D eigenvalue weighted by atomic mass is 127. The fourth-order valence-corrected chi connectivity index (χ4v) is 1.30. The Morgan fingerprint density at radius 3 is 2.47 bits per heavy atom. The predicted octanol–water partition coefficient (Wildman–Crippen LogP) is 1.79. The van der Waals surface area contributed by atoms with Gasteiger partial charge >= 0.3 is 5.97 Å². The van der Waals surface area contributed by atoms with Crippen molar-refractivity contribution in [2.24, 2.45) is 0 Å². The van der Waals surface area contributed by atoms with Crippen LogP contribution in [0.25, 0.3) is 0 Å². The molecule has 5 heteroatoms. The van der Waals surface area contributed by atoms with Crippen molar-refractivity contribution >= 4 is 40.2 Å². The van der Waals surface area contributed by atoms with Gasteiger partial charge in [-0.1, -0.05) is 0 Å². The summed E-state index contributed by atoms with van der Waals surface area (Å²) in [6.45, 7) is 0. The van der Waals surface area contributed by atoms with Crippen LogP contribution in [-0.4, -0.2) is 19.0 Å². The van der Waals surface area contributed by atoms with Crippen molar-refractivity contribution in [1.82, 2.24) is 0 Å². The van der Waals surface area contributed by atoms with Crippen LogP contribution in [-0.2, 0) is 14.3 Å². The molecule has 80 valence electrons. The van der Waals surface area contributed by atoms with Gasteiger partial charge in [0.1, 0.15) is 6.42 Å². The van der Waals surface area contributed by atoms with Crippen LogP contribution in [0.5, 0.6) is 0 Å². The number of hydrogen-bond acceptors (Lipinski definition) is 3. The zero-order chi connectivity index (χ0) is 11.3. The molecule has 0 unspecified atom stereocenters. The van der Waals surface area contributed by atoms with Crippen molar-refractivity contribution in [3.63, 3.8) is 0 Å². The van der Waals surface area contributed by atoms with Crippen LogP contribution in [0.15, 0.2) is 24.3 Å². The van der Waals surface area contributed by atoms with Crippen LogP contribution < -0.4 is 5.32 Å². The van der Waals surface area contributed by atoms with Gasteiger partial charge in [0.25, 0.3) is 0 Å². The average Bonchev–Trinajstić information content (AvgIpc) is 2.21. The molecule has 0 aliphatic rings. The first-order chi connectivity index (χ1) is 7.11. The maximum absolute atomic E-state index is 11.3. The van der Waals surface area contributed by atoms with Gasteiger partial charge in [0.2, 0.25) is 5.91 Å². The molecule has 0 saturated heterocycles. The van der Waals surface area contributed by atoms with Gasteiger partial charge in [-0.2, -0.15) is 0 Å². The molecular formula is C10H10INO3. The maximum atomic E-state index is 11.3. The van der Waals surface area contributed by atoms with Gasteiger partial charge in [-0.3, -0.25) is 9.59 Å². The van der Waals surface area contributed by atoms with E-state index in [4.69, 9.17) is 0 Å². The van der Waals surface area contributed by atoms with E-state index in [1.165, 1.54) is 7.11 Å². The minimum absolute atomic E-state index is 0.261. The van der Waals surface area contributed by atoms with Crippen molar-refractivity contribution in [2.45, 2.75) is 6.42 Å². The van der Waals surface area contributed by atoms with E-state index in [2.05, 4.69) is 32.6 Å². The van der Waals surface area contributed by atoms with Gasteiger partial charge in [-0.05, 0) is 46.9 Å². The van der Waals surface area contributed by atoms with E-state index in [0.717, 1.165) is 3.57 Å². The average molecular weight is 319 g/mol. The third kappa shape index (κ3) is 4.28. The maximum Gasteiger partial charge on any atom is 0.315 e. The summed E-state index contributed by atoms with van der Waals surface area (Å²) in [6, 6.07) is 7.29. The van der Waals surface area contributed by atoms with E-state index >= 15 is 0 Å². The molecule has 4 nitrogen and oxygen atoms in total. The monoisotopic (exact) mass is 319 g/mol. The number of halogens is 1. The zero-order valence-electron chi connectivity index (χ0n) is 8.12. The van der Waals surface area contributed by atoms with Gasteiger partial charge in [0.05, 0.1) is 7.11 Å². The zero-order valence-corrected chi connectivity index (χ0v) is 10.3. The lowest BCUT2D eigenvalue weighted by Gasteiger charge is -2.03. The van der Waals surface area contributed by atoms with E-state index < -0.39 is 5.97 Å². The highest BCUT2D eigenvalue weighted by Gasteiger charge is 2.08. The van der Waals surface area contributed by atoms with Crippen LogP contribution in [0.4, 0.5) is 5.69 Å². The molecule has 0 aliphatic carbocycles. The van der Waals surface area contributed by atoms with Crippen molar-refractivity contribution in [2.75, 3.05) is 12.4 Å². The molecule has 0 bridgehead atoms. The minimum atomic E-state index is -0.544. The van der Waals surface area contributed by atoms with Gasteiger partial charge in [-0.25, -0.2) is 0 Å². The number of amides is 1. The summed E-state index contributed by atoms with van der Waals surface area (Å²) in [5.74, 6) is -0.916. The number of benzene rings is 1. The number of carbonyl (C=O) groups excluding carboxylic acids is 2. The SMILES string of the molecule is COC(=O)CC(=O)Nc1ccc(I)cc1. The van der Waals surface area contributed by atoms with Gasteiger partial charge < -0.3 is 10.1 Å². The molecule has 1 rings (SSSR count). The summed E-state index contributed by atoms with van der Waals surface area (Å²) >= 11 is 2.17. The number of methoxy groups -OCH3 is 1. The number of ether oxygens (including phenoxy) is 1. The first-order valence-electron chi connectivity index (χ1n) is 4.24. The first-order valence-corrected chi connectivity index (χ1v) is 5.32. The Kier molecular flexibility index (Phi) is 4.54. The molecule has 0 fully saturated rings. The molecule has 1 N–H and O–H groups in total. The van der Waals surface area contributed by atoms with Crippen LogP contribution in [0.2, 0.25) is 0 Å². The van der Waals surface area contributed by atoms with E-state index in [0.29, 0.717) is 5.69 Å². The van der Waals surface area contributed by atoms with Crippen LogP contribution in [0.3, 0.4) is 0 Å². The number of carbonyl (C=O) groups is 2. The van der Waals surface area contributed by atoms with E-state index in [-0.39, 0.29) is 12.3 Å². The second kappa shape index (κ2) is 5.69. The molecule has 1 amide bonds. The third-order valence-corrected chi connectivity index (χ3v) is 2.38. The molecule has 15 heavy (non-hydrogen) atoms. The molecule has 0 aromatic heterocycles. The van der Waals surface area contributed by atoms with Crippen LogP contribution in [0.1, 0.15) is 6.42 Å². The molecule has 0 heterocycles. The second-order valence-corrected chi connectivity index (χ2v) is 4.05. The predicted molar refractivity (Wildman–Crippen MR) is 64.4 cm³/mol. The fraction of sp³-hybridized carbons (Fsp3) is 0.200. The van der Waals surface area contributed by atoms with Gasteiger partial charge in [0.15, 0.2) is 0 Å².